The lowest BCUT2D eigenvalue weighted by atomic mass is 10.0. The lowest BCUT2D eigenvalue weighted by Gasteiger charge is -2.33. The maximum atomic E-state index is 12.4. The summed E-state index contributed by atoms with van der Waals surface area (Å²) in [6.07, 6.45) is 2.13. The largest absolute Gasteiger partial charge is 0.397 e. The van der Waals surface area contributed by atoms with Crippen molar-refractivity contribution in [1.29, 1.82) is 0 Å². The SMILES string of the molecule is Nc1cc(C(=O)c2ccccc2)ccc1N1CCCC(N)C1. The van der Waals surface area contributed by atoms with Gasteiger partial charge in [-0.15, -0.1) is 0 Å². The molecule has 1 saturated heterocycles. The molecule has 114 valence electrons. The number of rotatable bonds is 3. The quantitative estimate of drug-likeness (QED) is 0.674. The second kappa shape index (κ2) is 6.20. The number of nitrogens with zero attached hydrogens (tertiary/aromatic N) is 1. The summed E-state index contributed by atoms with van der Waals surface area (Å²) in [6.45, 7) is 1.78. The predicted molar refractivity (Wildman–Crippen MR) is 90.2 cm³/mol. The van der Waals surface area contributed by atoms with Crippen LogP contribution in [0.25, 0.3) is 0 Å². The Balaban J connectivity index is 1.84. The van der Waals surface area contributed by atoms with Crippen LogP contribution < -0.4 is 16.4 Å². The molecule has 2 aromatic rings. The average molecular weight is 295 g/mol. The van der Waals surface area contributed by atoms with Gasteiger partial charge in [-0.1, -0.05) is 30.3 Å². The summed E-state index contributed by atoms with van der Waals surface area (Å²) in [7, 11) is 0. The fraction of sp³-hybridized carbons (Fsp3) is 0.278. The van der Waals surface area contributed by atoms with Crippen molar-refractivity contribution in [2.45, 2.75) is 18.9 Å². The van der Waals surface area contributed by atoms with Crippen molar-refractivity contribution in [3.63, 3.8) is 0 Å². The van der Waals surface area contributed by atoms with Crippen LogP contribution in [0.3, 0.4) is 0 Å². The van der Waals surface area contributed by atoms with Crippen molar-refractivity contribution in [3.05, 3.63) is 59.7 Å². The van der Waals surface area contributed by atoms with Crippen molar-refractivity contribution in [1.82, 2.24) is 0 Å². The van der Waals surface area contributed by atoms with E-state index in [9.17, 15) is 4.79 Å². The van der Waals surface area contributed by atoms with Gasteiger partial charge >= 0.3 is 0 Å². The number of hydrogen-bond donors (Lipinski definition) is 2. The van der Waals surface area contributed by atoms with E-state index in [0.29, 0.717) is 16.8 Å². The van der Waals surface area contributed by atoms with Crippen LogP contribution in [0, 0.1) is 0 Å². The number of nitrogens with two attached hydrogens (primary N) is 2. The summed E-state index contributed by atoms with van der Waals surface area (Å²) < 4.78 is 0. The first-order valence-corrected chi connectivity index (χ1v) is 7.65. The maximum Gasteiger partial charge on any atom is 0.193 e. The van der Waals surface area contributed by atoms with Gasteiger partial charge in [0.1, 0.15) is 0 Å². The van der Waals surface area contributed by atoms with Crippen LogP contribution in [0.1, 0.15) is 28.8 Å². The number of nitrogen functional groups attached to an aromatic ring is 1. The van der Waals surface area contributed by atoms with Gasteiger partial charge in [0.25, 0.3) is 0 Å². The number of benzene rings is 2. The summed E-state index contributed by atoms with van der Waals surface area (Å²) in [4.78, 5) is 14.7. The van der Waals surface area contributed by atoms with Crippen molar-refractivity contribution in [2.75, 3.05) is 23.7 Å². The summed E-state index contributed by atoms with van der Waals surface area (Å²) in [6, 6.07) is 15.0. The highest BCUT2D eigenvalue weighted by molar-refractivity contribution is 6.09. The first-order chi connectivity index (χ1) is 10.6. The van der Waals surface area contributed by atoms with E-state index in [-0.39, 0.29) is 11.8 Å². The Labute approximate surface area is 130 Å². The molecule has 4 nitrogen and oxygen atoms in total. The summed E-state index contributed by atoms with van der Waals surface area (Å²) in [5, 5.41) is 0. The molecule has 0 radical (unpaired) electrons. The van der Waals surface area contributed by atoms with Crippen LogP contribution in [-0.2, 0) is 0 Å². The normalized spacial score (nSPS) is 18.2. The van der Waals surface area contributed by atoms with Gasteiger partial charge in [-0.25, -0.2) is 0 Å². The molecule has 22 heavy (non-hydrogen) atoms. The molecule has 0 bridgehead atoms. The van der Waals surface area contributed by atoms with Gasteiger partial charge in [-0.05, 0) is 31.0 Å². The first-order valence-electron chi connectivity index (χ1n) is 7.65. The number of hydrogen-bond acceptors (Lipinski definition) is 4. The third kappa shape index (κ3) is 2.97. The molecule has 1 aliphatic rings. The highest BCUT2D eigenvalue weighted by Gasteiger charge is 2.19. The standard InChI is InChI=1S/C18H21N3O/c19-15-7-4-10-21(12-15)17-9-8-14(11-16(17)20)18(22)13-5-2-1-3-6-13/h1-3,5-6,8-9,11,15H,4,7,10,12,19-20H2. The fourth-order valence-corrected chi connectivity index (χ4v) is 2.97. The third-order valence-corrected chi connectivity index (χ3v) is 4.12. The lowest BCUT2D eigenvalue weighted by molar-refractivity contribution is 0.103. The molecule has 0 aromatic heterocycles. The molecule has 0 saturated carbocycles. The zero-order valence-corrected chi connectivity index (χ0v) is 12.5. The Morgan fingerprint density at radius 2 is 1.86 bits per heavy atom. The van der Waals surface area contributed by atoms with Crippen molar-refractivity contribution in [2.24, 2.45) is 5.73 Å². The third-order valence-electron chi connectivity index (χ3n) is 4.12. The van der Waals surface area contributed by atoms with E-state index < -0.39 is 0 Å². The Morgan fingerprint density at radius 1 is 1.09 bits per heavy atom. The van der Waals surface area contributed by atoms with E-state index in [2.05, 4.69) is 4.90 Å². The zero-order valence-electron chi connectivity index (χ0n) is 12.5. The highest BCUT2D eigenvalue weighted by Crippen LogP contribution is 2.27. The monoisotopic (exact) mass is 295 g/mol. The van der Waals surface area contributed by atoms with E-state index >= 15 is 0 Å². The van der Waals surface area contributed by atoms with E-state index in [0.717, 1.165) is 31.6 Å². The van der Waals surface area contributed by atoms with Gasteiger partial charge in [0.05, 0.1) is 11.4 Å². The Kier molecular flexibility index (Phi) is 4.11. The van der Waals surface area contributed by atoms with Gasteiger partial charge in [0.2, 0.25) is 0 Å². The minimum atomic E-state index is -0.00537. The minimum Gasteiger partial charge on any atom is -0.397 e. The molecular formula is C18H21N3O. The van der Waals surface area contributed by atoms with E-state index in [4.69, 9.17) is 11.5 Å². The van der Waals surface area contributed by atoms with Crippen molar-refractivity contribution < 1.29 is 4.79 Å². The number of carbonyl (C=O) groups is 1. The molecule has 0 amide bonds. The second-order valence-electron chi connectivity index (χ2n) is 5.82. The number of ketones is 1. The Morgan fingerprint density at radius 3 is 2.55 bits per heavy atom. The molecule has 3 rings (SSSR count). The number of anilines is 2. The van der Waals surface area contributed by atoms with Gasteiger partial charge < -0.3 is 16.4 Å². The molecule has 1 aliphatic heterocycles. The summed E-state index contributed by atoms with van der Waals surface area (Å²) in [5.41, 5.74) is 15.1. The second-order valence-corrected chi connectivity index (χ2v) is 5.82. The Hall–Kier alpha value is -2.33. The van der Waals surface area contributed by atoms with Gasteiger partial charge in [0.15, 0.2) is 5.78 Å². The predicted octanol–water partition coefficient (Wildman–Crippen LogP) is 2.43. The van der Waals surface area contributed by atoms with Gasteiger partial charge in [-0.3, -0.25) is 4.79 Å². The van der Waals surface area contributed by atoms with E-state index in [1.165, 1.54) is 0 Å². The molecule has 0 spiro atoms. The van der Waals surface area contributed by atoms with Crippen molar-refractivity contribution >= 4 is 17.2 Å². The molecule has 1 fully saturated rings. The van der Waals surface area contributed by atoms with Crippen LogP contribution in [0.4, 0.5) is 11.4 Å². The zero-order chi connectivity index (χ0) is 15.5. The molecule has 1 heterocycles. The van der Waals surface area contributed by atoms with Crippen LogP contribution in [0.15, 0.2) is 48.5 Å². The molecule has 4 N–H and O–H groups in total. The Bertz CT molecular complexity index is 669. The topological polar surface area (TPSA) is 72.4 Å². The summed E-state index contributed by atoms with van der Waals surface area (Å²) in [5.74, 6) is -0.00537. The van der Waals surface area contributed by atoms with E-state index in [1.807, 2.05) is 42.5 Å². The number of carbonyl (C=O) groups excluding carboxylic acids is 1. The first kappa shape index (κ1) is 14.6. The minimum absolute atomic E-state index is 0.00537. The molecule has 1 unspecified atom stereocenters. The van der Waals surface area contributed by atoms with Gasteiger partial charge in [-0.2, -0.15) is 0 Å². The molecule has 4 heteroatoms. The smallest absolute Gasteiger partial charge is 0.193 e. The maximum absolute atomic E-state index is 12.4. The molecule has 2 aromatic carbocycles. The number of piperidine rings is 1. The van der Waals surface area contributed by atoms with Crippen LogP contribution in [-0.4, -0.2) is 24.9 Å². The molecule has 1 atom stereocenters. The fourth-order valence-electron chi connectivity index (χ4n) is 2.97. The molecule has 0 aliphatic carbocycles. The van der Waals surface area contributed by atoms with Crippen LogP contribution >= 0.6 is 0 Å². The van der Waals surface area contributed by atoms with Gasteiger partial charge in [0, 0.05) is 30.3 Å². The van der Waals surface area contributed by atoms with Crippen LogP contribution in [0.2, 0.25) is 0 Å². The van der Waals surface area contributed by atoms with Crippen molar-refractivity contribution in [3.8, 4) is 0 Å². The highest BCUT2D eigenvalue weighted by atomic mass is 16.1. The van der Waals surface area contributed by atoms with E-state index in [1.54, 1.807) is 6.07 Å². The summed E-state index contributed by atoms with van der Waals surface area (Å²) >= 11 is 0. The molecular weight excluding hydrogens is 274 g/mol. The van der Waals surface area contributed by atoms with Crippen LogP contribution in [0.5, 0.6) is 0 Å². The lowest BCUT2D eigenvalue weighted by Crippen LogP contribution is -2.43. The average Bonchev–Trinajstić information content (AvgIpc) is 2.55.